The van der Waals surface area contributed by atoms with Crippen LogP contribution in [0.1, 0.15) is 18.4 Å². The predicted molar refractivity (Wildman–Crippen MR) is 51.6 cm³/mol. The van der Waals surface area contributed by atoms with Crippen molar-refractivity contribution in [2.24, 2.45) is 0 Å². The Morgan fingerprint density at radius 3 is 2.79 bits per heavy atom. The van der Waals surface area contributed by atoms with E-state index in [0.717, 1.165) is 0 Å². The van der Waals surface area contributed by atoms with Crippen molar-refractivity contribution in [3.63, 3.8) is 0 Å². The zero-order valence-corrected chi connectivity index (χ0v) is 8.09. The van der Waals surface area contributed by atoms with Crippen LogP contribution in [-0.2, 0) is 0 Å². The molecular weight excluding hydrogens is 186 g/mol. The number of benzene rings is 1. The number of hydrogen-bond donors (Lipinski definition) is 0. The van der Waals surface area contributed by atoms with Crippen LogP contribution >= 0.6 is 0 Å². The fraction of sp³-hybridized carbons (Fsp3) is 0.364. The van der Waals surface area contributed by atoms with E-state index in [2.05, 4.69) is 6.92 Å². The lowest BCUT2D eigenvalue weighted by Crippen LogP contribution is -2.01. The Kier molecular flexibility index (Phi) is 3.86. The summed E-state index contributed by atoms with van der Waals surface area (Å²) in [4.78, 5) is 0. The van der Waals surface area contributed by atoms with Crippen LogP contribution in [0.5, 0.6) is 5.75 Å². The molecule has 0 aliphatic rings. The van der Waals surface area contributed by atoms with Gasteiger partial charge in [-0.25, -0.2) is 4.39 Å². The van der Waals surface area contributed by atoms with Gasteiger partial charge >= 0.3 is 0 Å². The summed E-state index contributed by atoms with van der Waals surface area (Å²) in [5.74, 6) is -0.562. The van der Waals surface area contributed by atoms with Crippen molar-refractivity contribution in [2.75, 3.05) is 13.3 Å². The molecule has 0 spiro atoms. The van der Waals surface area contributed by atoms with Gasteiger partial charge < -0.3 is 4.74 Å². The first-order chi connectivity index (χ1) is 6.69. The number of alkyl halides is 1. The molecule has 1 unspecified atom stereocenters. The maximum atomic E-state index is 13.2. The molecule has 0 fully saturated rings. The fourth-order valence-corrected chi connectivity index (χ4v) is 1.17. The molecule has 1 aromatic carbocycles. The molecule has 3 heteroatoms. The first-order valence-corrected chi connectivity index (χ1v) is 4.50. The molecule has 1 rings (SSSR count). The van der Waals surface area contributed by atoms with Crippen LogP contribution in [0.3, 0.4) is 0 Å². The SMILES string of the molecule is [CH2]C(CF)c1cc(OCC)ccc1F. The molecule has 1 aromatic rings. The topological polar surface area (TPSA) is 9.23 Å². The highest BCUT2D eigenvalue weighted by atomic mass is 19.1. The molecular formula is C11H13F2O. The zero-order valence-electron chi connectivity index (χ0n) is 8.09. The minimum atomic E-state index is -0.674. The number of halogens is 2. The number of rotatable bonds is 4. The lowest BCUT2D eigenvalue weighted by molar-refractivity contribution is 0.338. The van der Waals surface area contributed by atoms with Gasteiger partial charge in [-0.2, -0.15) is 0 Å². The summed E-state index contributed by atoms with van der Waals surface area (Å²) in [6.45, 7) is 5.18. The molecule has 14 heavy (non-hydrogen) atoms. The summed E-state index contributed by atoms with van der Waals surface area (Å²) in [7, 11) is 0. The Morgan fingerprint density at radius 2 is 2.21 bits per heavy atom. The van der Waals surface area contributed by atoms with E-state index < -0.39 is 18.4 Å². The minimum absolute atomic E-state index is 0.262. The van der Waals surface area contributed by atoms with Gasteiger partial charge in [0.1, 0.15) is 11.6 Å². The van der Waals surface area contributed by atoms with Crippen LogP contribution in [0.25, 0.3) is 0 Å². The van der Waals surface area contributed by atoms with Gasteiger partial charge in [-0.15, -0.1) is 0 Å². The molecule has 1 radical (unpaired) electrons. The van der Waals surface area contributed by atoms with E-state index in [0.29, 0.717) is 12.4 Å². The highest BCUT2D eigenvalue weighted by Gasteiger charge is 2.11. The predicted octanol–water partition coefficient (Wildman–Crippen LogP) is 3.11. The Hall–Kier alpha value is -1.12. The molecule has 0 bridgehead atoms. The van der Waals surface area contributed by atoms with Crippen molar-refractivity contribution < 1.29 is 13.5 Å². The number of ether oxygens (including phenoxy) is 1. The van der Waals surface area contributed by atoms with Crippen molar-refractivity contribution in [1.82, 2.24) is 0 Å². The van der Waals surface area contributed by atoms with Crippen molar-refractivity contribution in [2.45, 2.75) is 12.8 Å². The Labute approximate surface area is 82.7 Å². The molecule has 0 aliphatic carbocycles. The van der Waals surface area contributed by atoms with E-state index in [1.165, 1.54) is 18.2 Å². The molecule has 0 saturated carbocycles. The Balaban J connectivity index is 2.95. The molecule has 0 saturated heterocycles. The summed E-state index contributed by atoms with van der Waals surface area (Å²) in [5, 5.41) is 0. The third-order valence-corrected chi connectivity index (χ3v) is 1.90. The van der Waals surface area contributed by atoms with Gasteiger partial charge in [0, 0.05) is 5.92 Å². The summed E-state index contributed by atoms with van der Waals surface area (Å²) in [6.07, 6.45) is 0. The monoisotopic (exact) mass is 199 g/mol. The smallest absolute Gasteiger partial charge is 0.127 e. The molecule has 0 aliphatic heterocycles. The summed E-state index contributed by atoms with van der Waals surface area (Å²) in [6, 6.07) is 4.29. The minimum Gasteiger partial charge on any atom is -0.494 e. The first-order valence-electron chi connectivity index (χ1n) is 4.50. The van der Waals surface area contributed by atoms with Crippen LogP contribution in [-0.4, -0.2) is 13.3 Å². The van der Waals surface area contributed by atoms with Crippen molar-refractivity contribution >= 4 is 0 Å². The van der Waals surface area contributed by atoms with E-state index in [9.17, 15) is 8.78 Å². The van der Waals surface area contributed by atoms with E-state index in [1.54, 1.807) is 0 Å². The molecule has 0 amide bonds. The van der Waals surface area contributed by atoms with Gasteiger partial charge in [-0.3, -0.25) is 4.39 Å². The van der Waals surface area contributed by atoms with E-state index in [-0.39, 0.29) is 5.56 Å². The normalized spacial score (nSPS) is 12.6. The van der Waals surface area contributed by atoms with Crippen LogP contribution < -0.4 is 4.74 Å². The third-order valence-electron chi connectivity index (χ3n) is 1.90. The van der Waals surface area contributed by atoms with E-state index in [1.807, 2.05) is 6.92 Å². The third kappa shape index (κ3) is 2.44. The zero-order chi connectivity index (χ0) is 10.6. The second kappa shape index (κ2) is 4.94. The van der Waals surface area contributed by atoms with Gasteiger partial charge in [-0.1, -0.05) is 0 Å². The van der Waals surface area contributed by atoms with Gasteiger partial charge in [0.15, 0.2) is 0 Å². The maximum Gasteiger partial charge on any atom is 0.127 e. The lowest BCUT2D eigenvalue weighted by atomic mass is 10.0. The van der Waals surface area contributed by atoms with Crippen LogP contribution in [0.4, 0.5) is 8.78 Å². The van der Waals surface area contributed by atoms with E-state index in [4.69, 9.17) is 4.74 Å². The second-order valence-electron chi connectivity index (χ2n) is 2.97. The summed E-state index contributed by atoms with van der Waals surface area (Å²) >= 11 is 0. The van der Waals surface area contributed by atoms with Crippen molar-refractivity contribution in [1.29, 1.82) is 0 Å². The largest absolute Gasteiger partial charge is 0.494 e. The first kappa shape index (κ1) is 11.0. The fourth-order valence-electron chi connectivity index (χ4n) is 1.17. The lowest BCUT2D eigenvalue weighted by Gasteiger charge is -2.10. The average Bonchev–Trinajstić information content (AvgIpc) is 2.20. The second-order valence-corrected chi connectivity index (χ2v) is 2.97. The molecule has 1 atom stereocenters. The quantitative estimate of drug-likeness (QED) is 0.724. The van der Waals surface area contributed by atoms with Crippen LogP contribution in [0, 0.1) is 12.7 Å². The molecule has 0 aromatic heterocycles. The molecule has 1 nitrogen and oxygen atoms in total. The Bertz CT molecular complexity index is 299. The summed E-state index contributed by atoms with van der Waals surface area (Å²) in [5.41, 5.74) is 0.262. The average molecular weight is 199 g/mol. The highest BCUT2D eigenvalue weighted by molar-refractivity contribution is 5.32. The van der Waals surface area contributed by atoms with E-state index >= 15 is 0 Å². The molecule has 0 heterocycles. The highest BCUT2D eigenvalue weighted by Crippen LogP contribution is 2.24. The van der Waals surface area contributed by atoms with Crippen molar-refractivity contribution in [3.05, 3.63) is 36.5 Å². The van der Waals surface area contributed by atoms with Gasteiger partial charge in [-0.05, 0) is 37.6 Å². The van der Waals surface area contributed by atoms with Crippen LogP contribution in [0.2, 0.25) is 0 Å². The van der Waals surface area contributed by atoms with Gasteiger partial charge in [0.25, 0.3) is 0 Å². The standard InChI is InChI=1S/C11H13F2O/c1-3-14-9-4-5-11(13)10(6-9)8(2)7-12/h4-6,8H,2-3,7H2,1H3. The van der Waals surface area contributed by atoms with Crippen molar-refractivity contribution in [3.8, 4) is 5.75 Å². The number of hydrogen-bond acceptors (Lipinski definition) is 1. The van der Waals surface area contributed by atoms with Gasteiger partial charge in [0.05, 0.1) is 13.3 Å². The molecule has 77 valence electrons. The van der Waals surface area contributed by atoms with Gasteiger partial charge in [0.2, 0.25) is 0 Å². The van der Waals surface area contributed by atoms with Crippen LogP contribution in [0.15, 0.2) is 18.2 Å². The maximum absolute atomic E-state index is 13.2. The molecule has 0 N–H and O–H groups in total. The summed E-state index contributed by atoms with van der Waals surface area (Å²) < 4.78 is 30.7. The Morgan fingerprint density at radius 1 is 1.50 bits per heavy atom.